The van der Waals surface area contributed by atoms with Crippen molar-refractivity contribution in [3.05, 3.63) is 58.1 Å². The van der Waals surface area contributed by atoms with Gasteiger partial charge in [0.05, 0.1) is 11.5 Å². The number of ether oxygens (including phenoxy) is 1. The van der Waals surface area contributed by atoms with Crippen LogP contribution in [0.1, 0.15) is 18.9 Å². The molecule has 2 N–H and O–H groups in total. The normalized spacial score (nSPS) is 11.2. The largest absolute Gasteiger partial charge is 0.494 e. The number of carbonyl (C=O) groups excluding carboxylic acids is 1. The molecule has 0 aliphatic heterocycles. The van der Waals surface area contributed by atoms with E-state index in [1.54, 1.807) is 24.3 Å². The molecule has 0 saturated carbocycles. The van der Waals surface area contributed by atoms with Gasteiger partial charge in [0.25, 0.3) is 0 Å². The molecule has 1 amide bonds. The average molecular weight is 445 g/mol. The van der Waals surface area contributed by atoms with Crippen LogP contribution in [0.5, 0.6) is 5.75 Å². The first-order chi connectivity index (χ1) is 13.3. The van der Waals surface area contributed by atoms with Gasteiger partial charge in [-0.1, -0.05) is 29.3 Å². The molecule has 9 heteroatoms. The van der Waals surface area contributed by atoms with E-state index in [4.69, 9.17) is 27.9 Å². The molecule has 0 spiro atoms. The lowest BCUT2D eigenvalue weighted by molar-refractivity contribution is -0.120. The fourth-order valence-corrected chi connectivity index (χ4v) is 3.95. The van der Waals surface area contributed by atoms with Crippen LogP contribution in [0, 0.1) is 0 Å². The zero-order valence-electron chi connectivity index (χ0n) is 15.4. The van der Waals surface area contributed by atoms with Gasteiger partial charge in [-0.25, -0.2) is 13.1 Å². The molecule has 0 atom stereocenters. The van der Waals surface area contributed by atoms with Crippen molar-refractivity contribution in [2.45, 2.75) is 24.7 Å². The average Bonchev–Trinajstić information content (AvgIpc) is 2.64. The standard InChI is InChI=1S/C19H22Cl2N2O4S/c1-2-27-16-5-7-17(8-6-16)28(25,26)23-12-10-19(24)22-11-9-14-3-4-15(20)13-18(14)21/h3-8,13,23H,2,9-12H2,1H3,(H,22,24). The van der Waals surface area contributed by atoms with E-state index in [0.717, 1.165) is 5.56 Å². The van der Waals surface area contributed by atoms with Crippen LogP contribution in [0.15, 0.2) is 47.4 Å². The minimum absolute atomic E-state index is 0.00305. The molecular formula is C19H22Cl2N2O4S. The molecule has 2 rings (SSSR count). The molecule has 0 aromatic heterocycles. The Bertz CT molecular complexity index is 903. The van der Waals surface area contributed by atoms with E-state index >= 15 is 0 Å². The second-order valence-electron chi connectivity index (χ2n) is 5.89. The van der Waals surface area contributed by atoms with Gasteiger partial charge in [-0.15, -0.1) is 0 Å². The zero-order valence-corrected chi connectivity index (χ0v) is 17.7. The number of sulfonamides is 1. The number of hydrogen-bond donors (Lipinski definition) is 2. The minimum atomic E-state index is -3.68. The van der Waals surface area contributed by atoms with Crippen molar-refractivity contribution < 1.29 is 17.9 Å². The maximum atomic E-state index is 12.2. The van der Waals surface area contributed by atoms with E-state index in [2.05, 4.69) is 10.0 Å². The number of amides is 1. The Hall–Kier alpha value is -1.80. The lowest BCUT2D eigenvalue weighted by atomic mass is 10.1. The lowest BCUT2D eigenvalue weighted by Gasteiger charge is -2.09. The smallest absolute Gasteiger partial charge is 0.240 e. The van der Waals surface area contributed by atoms with Crippen molar-refractivity contribution in [3.63, 3.8) is 0 Å². The van der Waals surface area contributed by atoms with Gasteiger partial charge >= 0.3 is 0 Å². The fourth-order valence-electron chi connectivity index (χ4n) is 2.41. The first kappa shape index (κ1) is 22.5. The van der Waals surface area contributed by atoms with Crippen LogP contribution in [-0.2, 0) is 21.2 Å². The molecule has 2 aromatic rings. The Morgan fingerprint density at radius 2 is 1.79 bits per heavy atom. The van der Waals surface area contributed by atoms with E-state index < -0.39 is 10.0 Å². The second-order valence-corrected chi connectivity index (χ2v) is 8.50. The van der Waals surface area contributed by atoms with Gasteiger partial charge in [-0.3, -0.25) is 4.79 Å². The number of nitrogens with one attached hydrogen (secondary N) is 2. The summed E-state index contributed by atoms with van der Waals surface area (Å²) in [7, 11) is -3.68. The molecule has 0 fully saturated rings. The highest BCUT2D eigenvalue weighted by atomic mass is 35.5. The molecule has 0 radical (unpaired) electrons. The number of halogens is 2. The van der Waals surface area contributed by atoms with Crippen LogP contribution in [0.3, 0.4) is 0 Å². The second kappa shape index (κ2) is 10.7. The molecule has 28 heavy (non-hydrogen) atoms. The fraction of sp³-hybridized carbons (Fsp3) is 0.316. The molecule has 0 saturated heterocycles. The van der Waals surface area contributed by atoms with Crippen LogP contribution in [0.4, 0.5) is 0 Å². The number of rotatable bonds is 10. The van der Waals surface area contributed by atoms with E-state index in [1.165, 1.54) is 12.1 Å². The molecule has 0 aliphatic carbocycles. The van der Waals surface area contributed by atoms with Crippen molar-refractivity contribution in [2.75, 3.05) is 19.7 Å². The summed E-state index contributed by atoms with van der Waals surface area (Å²) in [6.45, 7) is 2.75. The maximum Gasteiger partial charge on any atom is 0.240 e. The van der Waals surface area contributed by atoms with E-state index in [-0.39, 0.29) is 23.8 Å². The van der Waals surface area contributed by atoms with Crippen molar-refractivity contribution in [2.24, 2.45) is 0 Å². The Morgan fingerprint density at radius 1 is 1.07 bits per heavy atom. The van der Waals surface area contributed by atoms with Gasteiger partial charge in [-0.05, 0) is 55.3 Å². The molecule has 0 unspecified atom stereocenters. The van der Waals surface area contributed by atoms with E-state index in [1.807, 2.05) is 13.0 Å². The summed E-state index contributed by atoms with van der Waals surface area (Å²) >= 11 is 11.9. The van der Waals surface area contributed by atoms with Crippen molar-refractivity contribution in [1.29, 1.82) is 0 Å². The van der Waals surface area contributed by atoms with Gasteiger partial charge < -0.3 is 10.1 Å². The summed E-state index contributed by atoms with van der Waals surface area (Å²) in [6, 6.07) is 11.3. The summed E-state index contributed by atoms with van der Waals surface area (Å²) < 4.78 is 32.2. The SMILES string of the molecule is CCOc1ccc(S(=O)(=O)NCCC(=O)NCCc2ccc(Cl)cc2Cl)cc1. The Labute approximate surface area is 175 Å². The molecule has 0 aliphatic rings. The Kier molecular flexibility index (Phi) is 8.57. The molecule has 0 bridgehead atoms. The van der Waals surface area contributed by atoms with Crippen molar-refractivity contribution in [3.8, 4) is 5.75 Å². The highest BCUT2D eigenvalue weighted by Crippen LogP contribution is 2.21. The van der Waals surface area contributed by atoms with E-state index in [9.17, 15) is 13.2 Å². The highest BCUT2D eigenvalue weighted by molar-refractivity contribution is 7.89. The van der Waals surface area contributed by atoms with Gasteiger partial charge in [0, 0.05) is 29.6 Å². The zero-order chi connectivity index (χ0) is 20.6. The number of benzene rings is 2. The third kappa shape index (κ3) is 6.98. The first-order valence-corrected chi connectivity index (χ1v) is 11.0. The number of hydrogen-bond acceptors (Lipinski definition) is 4. The summed E-state index contributed by atoms with van der Waals surface area (Å²) in [5, 5.41) is 3.84. The van der Waals surface area contributed by atoms with Crippen LogP contribution in [0.2, 0.25) is 10.0 Å². The minimum Gasteiger partial charge on any atom is -0.494 e. The van der Waals surface area contributed by atoms with Crippen molar-refractivity contribution >= 4 is 39.1 Å². The maximum absolute atomic E-state index is 12.2. The lowest BCUT2D eigenvalue weighted by Crippen LogP contribution is -2.31. The molecule has 152 valence electrons. The molecule has 6 nitrogen and oxygen atoms in total. The third-order valence-corrected chi connectivity index (χ3v) is 5.88. The number of carbonyl (C=O) groups is 1. The predicted octanol–water partition coefficient (Wildman–Crippen LogP) is 3.42. The van der Waals surface area contributed by atoms with Crippen LogP contribution < -0.4 is 14.8 Å². The van der Waals surface area contributed by atoms with Gasteiger partial charge in [-0.2, -0.15) is 0 Å². The Morgan fingerprint density at radius 3 is 2.43 bits per heavy atom. The molecule has 2 aromatic carbocycles. The highest BCUT2D eigenvalue weighted by Gasteiger charge is 2.14. The van der Waals surface area contributed by atoms with Gasteiger partial charge in [0.2, 0.25) is 15.9 Å². The van der Waals surface area contributed by atoms with Crippen LogP contribution >= 0.6 is 23.2 Å². The quantitative estimate of drug-likeness (QED) is 0.587. The van der Waals surface area contributed by atoms with E-state index in [0.29, 0.717) is 35.4 Å². The summed E-state index contributed by atoms with van der Waals surface area (Å²) in [4.78, 5) is 12.0. The topological polar surface area (TPSA) is 84.5 Å². The third-order valence-electron chi connectivity index (χ3n) is 3.82. The van der Waals surface area contributed by atoms with Gasteiger partial charge in [0.15, 0.2) is 0 Å². The molecular weight excluding hydrogens is 423 g/mol. The predicted molar refractivity (Wildman–Crippen MR) is 111 cm³/mol. The summed E-state index contributed by atoms with van der Waals surface area (Å²) in [6.07, 6.45) is 0.588. The first-order valence-electron chi connectivity index (χ1n) is 8.75. The summed E-state index contributed by atoms with van der Waals surface area (Å²) in [5.74, 6) is 0.348. The van der Waals surface area contributed by atoms with Crippen LogP contribution in [0.25, 0.3) is 0 Å². The monoisotopic (exact) mass is 444 g/mol. The van der Waals surface area contributed by atoms with Crippen molar-refractivity contribution in [1.82, 2.24) is 10.0 Å². The van der Waals surface area contributed by atoms with Gasteiger partial charge in [0.1, 0.15) is 5.75 Å². The van der Waals surface area contributed by atoms with Crippen LogP contribution in [-0.4, -0.2) is 34.0 Å². The Balaban J connectivity index is 1.74. The molecule has 0 heterocycles. The summed E-state index contributed by atoms with van der Waals surface area (Å²) in [5.41, 5.74) is 0.877.